The minimum Gasteiger partial charge on any atom is -0.377 e. The molecule has 0 aromatic carbocycles. The second-order valence-electron chi connectivity index (χ2n) is 3.53. The molecule has 0 saturated carbocycles. The quantitative estimate of drug-likeness (QED) is 0.578. The van der Waals surface area contributed by atoms with E-state index >= 15 is 0 Å². The lowest BCUT2D eigenvalue weighted by atomic mass is 10.6. The highest BCUT2D eigenvalue weighted by molar-refractivity contribution is 7.99. The maximum atomic E-state index is 5.90. The van der Waals surface area contributed by atoms with Gasteiger partial charge in [0.25, 0.3) is 0 Å². The van der Waals surface area contributed by atoms with Crippen LogP contribution in [0, 0.1) is 0 Å². The van der Waals surface area contributed by atoms with Gasteiger partial charge in [0.05, 0.1) is 0 Å². The summed E-state index contributed by atoms with van der Waals surface area (Å²) in [5.74, 6) is 1.61. The Kier molecular flexibility index (Phi) is 6.05. The molecule has 0 radical (unpaired) electrons. The van der Waals surface area contributed by atoms with Crippen LogP contribution in [0.5, 0.6) is 0 Å². The molecular formula is C10H16ClN3OS. The summed E-state index contributed by atoms with van der Waals surface area (Å²) < 4.78 is 4.98. The van der Waals surface area contributed by atoms with Crippen LogP contribution >= 0.6 is 23.4 Å². The molecule has 1 rings (SSSR count). The lowest BCUT2D eigenvalue weighted by Crippen LogP contribution is -2.14. The Morgan fingerprint density at radius 3 is 2.81 bits per heavy atom. The third-order valence-corrected chi connectivity index (χ3v) is 2.86. The van der Waals surface area contributed by atoms with Gasteiger partial charge in [0.15, 0.2) is 5.82 Å². The SMILES string of the molecule is COCc1nc(Cl)cc(SCCN(C)C)n1. The van der Waals surface area contributed by atoms with Crippen LogP contribution in [0.4, 0.5) is 0 Å². The fraction of sp³-hybridized carbons (Fsp3) is 0.600. The molecule has 0 saturated heterocycles. The maximum absolute atomic E-state index is 5.90. The maximum Gasteiger partial charge on any atom is 0.156 e. The summed E-state index contributed by atoms with van der Waals surface area (Å²) in [4.78, 5) is 10.5. The summed E-state index contributed by atoms with van der Waals surface area (Å²) in [6, 6.07) is 1.78. The zero-order chi connectivity index (χ0) is 12.0. The summed E-state index contributed by atoms with van der Waals surface area (Å²) >= 11 is 7.57. The van der Waals surface area contributed by atoms with Crippen molar-refractivity contribution in [1.29, 1.82) is 0 Å². The van der Waals surface area contributed by atoms with Gasteiger partial charge in [-0.1, -0.05) is 11.6 Å². The minimum atomic E-state index is 0.391. The summed E-state index contributed by atoms with van der Waals surface area (Å²) in [5, 5.41) is 1.36. The predicted molar refractivity (Wildman–Crippen MR) is 67.0 cm³/mol. The first kappa shape index (κ1) is 13.7. The molecule has 0 unspecified atom stereocenters. The third kappa shape index (κ3) is 5.12. The van der Waals surface area contributed by atoms with Crippen molar-refractivity contribution in [2.75, 3.05) is 33.5 Å². The van der Waals surface area contributed by atoms with Crippen LogP contribution in [-0.2, 0) is 11.3 Å². The molecule has 0 amide bonds. The van der Waals surface area contributed by atoms with Crippen molar-refractivity contribution in [3.05, 3.63) is 17.0 Å². The molecule has 0 fully saturated rings. The van der Waals surface area contributed by atoms with Gasteiger partial charge in [0.2, 0.25) is 0 Å². The Morgan fingerprint density at radius 2 is 2.19 bits per heavy atom. The van der Waals surface area contributed by atoms with Crippen LogP contribution in [0.3, 0.4) is 0 Å². The van der Waals surface area contributed by atoms with E-state index in [1.54, 1.807) is 24.9 Å². The second kappa shape index (κ2) is 7.06. The Bertz CT molecular complexity index is 336. The highest BCUT2D eigenvalue weighted by atomic mass is 35.5. The van der Waals surface area contributed by atoms with Gasteiger partial charge in [-0.15, -0.1) is 11.8 Å². The number of rotatable bonds is 6. The van der Waals surface area contributed by atoms with Gasteiger partial charge < -0.3 is 9.64 Å². The molecule has 1 heterocycles. The summed E-state index contributed by atoms with van der Waals surface area (Å²) in [7, 11) is 5.71. The van der Waals surface area contributed by atoms with Crippen LogP contribution in [0.25, 0.3) is 0 Å². The third-order valence-electron chi connectivity index (χ3n) is 1.78. The van der Waals surface area contributed by atoms with Crippen molar-refractivity contribution in [3.8, 4) is 0 Å². The highest BCUT2D eigenvalue weighted by Gasteiger charge is 2.04. The first-order valence-corrected chi connectivity index (χ1v) is 6.28. The first-order chi connectivity index (χ1) is 7.61. The zero-order valence-corrected chi connectivity index (χ0v) is 11.3. The average molecular weight is 262 g/mol. The van der Waals surface area contributed by atoms with Crippen LogP contribution in [0.1, 0.15) is 5.82 Å². The molecule has 0 bridgehead atoms. The highest BCUT2D eigenvalue weighted by Crippen LogP contribution is 2.18. The Morgan fingerprint density at radius 1 is 1.44 bits per heavy atom. The fourth-order valence-corrected chi connectivity index (χ4v) is 2.34. The molecule has 0 N–H and O–H groups in total. The van der Waals surface area contributed by atoms with Gasteiger partial charge in [0, 0.05) is 25.5 Å². The summed E-state index contributed by atoms with van der Waals surface area (Å²) in [6.07, 6.45) is 0. The van der Waals surface area contributed by atoms with Crippen LogP contribution in [-0.4, -0.2) is 48.4 Å². The molecule has 0 aliphatic carbocycles. The number of halogens is 1. The van der Waals surface area contributed by atoms with Crippen molar-refractivity contribution in [3.63, 3.8) is 0 Å². The van der Waals surface area contributed by atoms with Crippen molar-refractivity contribution in [1.82, 2.24) is 14.9 Å². The van der Waals surface area contributed by atoms with Gasteiger partial charge in [-0.25, -0.2) is 9.97 Å². The smallest absolute Gasteiger partial charge is 0.156 e. The van der Waals surface area contributed by atoms with Crippen molar-refractivity contribution in [2.24, 2.45) is 0 Å². The number of aromatic nitrogens is 2. The van der Waals surface area contributed by atoms with E-state index < -0.39 is 0 Å². The molecule has 0 aliphatic heterocycles. The van der Waals surface area contributed by atoms with E-state index in [0.717, 1.165) is 17.3 Å². The molecule has 1 aromatic heterocycles. The van der Waals surface area contributed by atoms with Gasteiger partial charge in [-0.3, -0.25) is 0 Å². The van der Waals surface area contributed by atoms with Gasteiger partial charge in [0.1, 0.15) is 16.8 Å². The standard InChI is InChI=1S/C10H16ClN3OS/c1-14(2)4-5-16-10-6-8(11)12-9(13-10)7-15-3/h6H,4-5,7H2,1-3H3. The van der Waals surface area contributed by atoms with E-state index in [0.29, 0.717) is 17.6 Å². The Hall–Kier alpha value is -0.360. The van der Waals surface area contributed by atoms with Crippen molar-refractivity contribution < 1.29 is 4.74 Å². The average Bonchev–Trinajstić information content (AvgIpc) is 2.16. The molecule has 0 atom stereocenters. The topological polar surface area (TPSA) is 38.2 Å². The van der Waals surface area contributed by atoms with E-state index in [2.05, 4.69) is 14.9 Å². The first-order valence-electron chi connectivity index (χ1n) is 4.91. The van der Waals surface area contributed by atoms with Crippen LogP contribution < -0.4 is 0 Å². The van der Waals surface area contributed by atoms with Crippen molar-refractivity contribution >= 4 is 23.4 Å². The molecule has 1 aromatic rings. The largest absolute Gasteiger partial charge is 0.377 e. The molecule has 16 heavy (non-hydrogen) atoms. The Labute approximate surface area is 105 Å². The molecule has 6 heteroatoms. The van der Waals surface area contributed by atoms with Gasteiger partial charge in [-0.2, -0.15) is 0 Å². The summed E-state index contributed by atoms with van der Waals surface area (Å²) in [6.45, 7) is 1.40. The Balaban J connectivity index is 2.58. The number of ether oxygens (including phenoxy) is 1. The van der Waals surface area contributed by atoms with E-state index in [-0.39, 0.29) is 0 Å². The number of thioether (sulfide) groups is 1. The second-order valence-corrected chi connectivity index (χ2v) is 5.03. The van der Waals surface area contributed by atoms with Crippen LogP contribution in [0.2, 0.25) is 5.15 Å². The van der Waals surface area contributed by atoms with Gasteiger partial charge >= 0.3 is 0 Å². The molecule has 0 aliphatic rings. The normalized spacial score (nSPS) is 11.1. The van der Waals surface area contributed by atoms with Gasteiger partial charge in [-0.05, 0) is 14.1 Å². The number of nitrogens with zero attached hydrogens (tertiary/aromatic N) is 3. The fourth-order valence-electron chi connectivity index (χ4n) is 1.04. The summed E-state index contributed by atoms with van der Waals surface area (Å²) in [5.41, 5.74) is 0. The van der Waals surface area contributed by atoms with E-state index in [1.165, 1.54) is 0 Å². The van der Waals surface area contributed by atoms with E-state index in [1.807, 2.05) is 14.1 Å². The zero-order valence-electron chi connectivity index (χ0n) is 9.73. The lowest BCUT2D eigenvalue weighted by molar-refractivity contribution is 0.177. The van der Waals surface area contributed by atoms with Crippen LogP contribution in [0.15, 0.2) is 11.1 Å². The van der Waals surface area contributed by atoms with Crippen molar-refractivity contribution in [2.45, 2.75) is 11.6 Å². The molecule has 90 valence electrons. The lowest BCUT2D eigenvalue weighted by Gasteiger charge is -2.08. The number of methoxy groups -OCH3 is 1. The molecule has 0 spiro atoms. The monoisotopic (exact) mass is 261 g/mol. The molecular weight excluding hydrogens is 246 g/mol. The predicted octanol–water partition coefficient (Wildman–Crippen LogP) is 1.93. The molecule has 4 nitrogen and oxygen atoms in total. The van der Waals surface area contributed by atoms with E-state index in [9.17, 15) is 0 Å². The van der Waals surface area contributed by atoms with E-state index in [4.69, 9.17) is 16.3 Å². The number of hydrogen-bond acceptors (Lipinski definition) is 5. The minimum absolute atomic E-state index is 0.391. The number of hydrogen-bond donors (Lipinski definition) is 0.